The van der Waals surface area contributed by atoms with Gasteiger partial charge in [-0.3, -0.25) is 4.79 Å². The van der Waals surface area contributed by atoms with E-state index in [4.69, 9.17) is 11.6 Å². The summed E-state index contributed by atoms with van der Waals surface area (Å²) >= 11 is 6.05. The number of aliphatic imine (C=N–C) groups is 1. The first-order valence-corrected chi connectivity index (χ1v) is 6.63. The Balaban J connectivity index is 1.98. The molecule has 2 aromatic carbocycles. The maximum atomic E-state index is 13.2. The van der Waals surface area contributed by atoms with Gasteiger partial charge in [0.25, 0.3) is 5.91 Å². The molecule has 1 aliphatic heterocycles. The van der Waals surface area contributed by atoms with Gasteiger partial charge in [-0.15, -0.1) is 0 Å². The third kappa shape index (κ3) is 2.85. The molecule has 2 aromatic rings. The van der Waals surface area contributed by atoms with E-state index in [9.17, 15) is 9.18 Å². The number of benzene rings is 2. The van der Waals surface area contributed by atoms with E-state index in [1.807, 2.05) is 6.07 Å². The van der Waals surface area contributed by atoms with Gasteiger partial charge >= 0.3 is 0 Å². The largest absolute Gasteiger partial charge is 0.305 e. The summed E-state index contributed by atoms with van der Waals surface area (Å²) in [7, 11) is 0. The predicted octanol–water partition coefficient (Wildman–Crippen LogP) is 3.40. The van der Waals surface area contributed by atoms with E-state index in [0.717, 1.165) is 0 Å². The smallest absolute Gasteiger partial charge is 0.275 e. The molecule has 0 bridgehead atoms. The lowest BCUT2D eigenvalue weighted by molar-refractivity contribution is -0.115. The van der Waals surface area contributed by atoms with Gasteiger partial charge in [-0.25, -0.2) is 9.38 Å². The fourth-order valence-electron chi connectivity index (χ4n) is 1.98. The number of nitrogens with zero attached hydrogens (tertiary/aromatic N) is 1. The van der Waals surface area contributed by atoms with Gasteiger partial charge < -0.3 is 5.32 Å². The summed E-state index contributed by atoms with van der Waals surface area (Å²) in [5, 5.41) is 3.15. The summed E-state index contributed by atoms with van der Waals surface area (Å²) in [4.78, 5) is 16.1. The Bertz CT molecular complexity index is 783. The van der Waals surface area contributed by atoms with Crippen LogP contribution in [0.2, 0.25) is 5.02 Å². The highest BCUT2D eigenvalue weighted by Crippen LogP contribution is 2.21. The van der Waals surface area contributed by atoms with E-state index < -0.39 is 0 Å². The van der Waals surface area contributed by atoms with E-state index in [-0.39, 0.29) is 17.4 Å². The standard InChI is InChI=1S/C16H10ClFN2O/c17-13-7-2-1-4-10(13)9-14-16(21)20-15(19-14)11-5-3-6-12(18)8-11/h1-9H,(H,19,20,21). The summed E-state index contributed by atoms with van der Waals surface area (Å²) in [5.74, 6) is -0.389. The van der Waals surface area contributed by atoms with Gasteiger partial charge in [0.2, 0.25) is 0 Å². The molecule has 1 N–H and O–H groups in total. The topological polar surface area (TPSA) is 41.5 Å². The lowest BCUT2D eigenvalue weighted by atomic mass is 10.2. The molecule has 3 rings (SSSR count). The molecule has 0 saturated carbocycles. The summed E-state index contributed by atoms with van der Waals surface area (Å²) in [6.07, 6.45) is 1.60. The first-order chi connectivity index (χ1) is 10.1. The van der Waals surface area contributed by atoms with Gasteiger partial charge in [-0.05, 0) is 29.8 Å². The Morgan fingerprint density at radius 2 is 1.95 bits per heavy atom. The van der Waals surface area contributed by atoms with Crippen LogP contribution in [0.3, 0.4) is 0 Å². The zero-order chi connectivity index (χ0) is 14.8. The van der Waals surface area contributed by atoms with Crippen molar-refractivity contribution in [1.82, 2.24) is 5.32 Å². The second-order valence-electron chi connectivity index (χ2n) is 4.48. The molecule has 0 fully saturated rings. The number of hydrogen-bond donors (Lipinski definition) is 1. The van der Waals surface area contributed by atoms with Crippen LogP contribution in [-0.2, 0) is 4.79 Å². The van der Waals surface area contributed by atoms with Crippen molar-refractivity contribution in [3.05, 3.63) is 76.2 Å². The van der Waals surface area contributed by atoms with Crippen LogP contribution in [0, 0.1) is 5.82 Å². The molecule has 0 radical (unpaired) electrons. The number of carbonyl (C=O) groups is 1. The van der Waals surface area contributed by atoms with Crippen molar-refractivity contribution in [2.24, 2.45) is 4.99 Å². The fourth-order valence-corrected chi connectivity index (χ4v) is 2.17. The molecule has 1 aliphatic rings. The quantitative estimate of drug-likeness (QED) is 0.849. The molecular weight excluding hydrogens is 291 g/mol. The van der Waals surface area contributed by atoms with Crippen LogP contribution in [-0.4, -0.2) is 11.7 Å². The van der Waals surface area contributed by atoms with Crippen LogP contribution in [0.25, 0.3) is 6.08 Å². The molecule has 0 aliphatic carbocycles. The number of amidine groups is 1. The van der Waals surface area contributed by atoms with Crippen molar-refractivity contribution in [3.8, 4) is 0 Å². The SMILES string of the molecule is O=C1NC(c2cccc(F)c2)=NC1=Cc1ccccc1Cl. The zero-order valence-corrected chi connectivity index (χ0v) is 11.6. The average Bonchev–Trinajstić information content (AvgIpc) is 2.83. The summed E-state index contributed by atoms with van der Waals surface area (Å²) in [6, 6.07) is 13.0. The van der Waals surface area contributed by atoms with E-state index in [1.165, 1.54) is 12.1 Å². The number of hydrogen-bond acceptors (Lipinski definition) is 2. The number of amides is 1. The van der Waals surface area contributed by atoms with Gasteiger partial charge in [0.15, 0.2) is 0 Å². The Morgan fingerprint density at radius 3 is 2.71 bits per heavy atom. The highest BCUT2D eigenvalue weighted by atomic mass is 35.5. The Hall–Kier alpha value is -2.46. The molecule has 5 heteroatoms. The Morgan fingerprint density at radius 1 is 1.14 bits per heavy atom. The Labute approximate surface area is 125 Å². The molecule has 1 amide bonds. The highest BCUT2D eigenvalue weighted by Gasteiger charge is 2.21. The van der Waals surface area contributed by atoms with Crippen molar-refractivity contribution in [2.75, 3.05) is 0 Å². The molecule has 0 unspecified atom stereocenters. The van der Waals surface area contributed by atoms with Crippen LogP contribution in [0.4, 0.5) is 4.39 Å². The monoisotopic (exact) mass is 300 g/mol. The van der Waals surface area contributed by atoms with Crippen molar-refractivity contribution >= 4 is 29.4 Å². The maximum Gasteiger partial charge on any atom is 0.275 e. The summed E-state index contributed by atoms with van der Waals surface area (Å²) in [5.41, 5.74) is 1.46. The Kier molecular flexibility index (Phi) is 3.54. The molecule has 0 aromatic heterocycles. The van der Waals surface area contributed by atoms with Crippen molar-refractivity contribution in [3.63, 3.8) is 0 Å². The van der Waals surface area contributed by atoms with Gasteiger partial charge in [0.1, 0.15) is 17.3 Å². The van der Waals surface area contributed by atoms with E-state index in [2.05, 4.69) is 10.3 Å². The van der Waals surface area contributed by atoms with Crippen molar-refractivity contribution in [2.45, 2.75) is 0 Å². The summed E-state index contributed by atoms with van der Waals surface area (Å²) < 4.78 is 13.2. The first-order valence-electron chi connectivity index (χ1n) is 6.26. The lowest BCUT2D eigenvalue weighted by Gasteiger charge is -1.99. The zero-order valence-electron chi connectivity index (χ0n) is 10.8. The van der Waals surface area contributed by atoms with Gasteiger partial charge in [-0.1, -0.05) is 41.9 Å². The van der Waals surface area contributed by atoms with E-state index in [1.54, 1.807) is 36.4 Å². The molecule has 3 nitrogen and oxygen atoms in total. The lowest BCUT2D eigenvalue weighted by Crippen LogP contribution is -2.24. The van der Waals surface area contributed by atoms with E-state index >= 15 is 0 Å². The molecular formula is C16H10ClFN2O. The van der Waals surface area contributed by atoms with Crippen LogP contribution in [0.15, 0.2) is 59.2 Å². The number of carbonyl (C=O) groups excluding carboxylic acids is 1. The minimum atomic E-state index is -0.381. The van der Waals surface area contributed by atoms with Crippen LogP contribution in [0.5, 0.6) is 0 Å². The molecule has 0 atom stereocenters. The first kappa shape index (κ1) is 13.5. The van der Waals surface area contributed by atoms with Gasteiger partial charge in [0, 0.05) is 10.6 Å². The number of rotatable bonds is 2. The maximum absolute atomic E-state index is 13.2. The second kappa shape index (κ2) is 5.50. The predicted molar refractivity (Wildman–Crippen MR) is 80.5 cm³/mol. The van der Waals surface area contributed by atoms with E-state index in [0.29, 0.717) is 22.0 Å². The number of nitrogens with one attached hydrogen (secondary N) is 1. The minimum Gasteiger partial charge on any atom is -0.305 e. The highest BCUT2D eigenvalue weighted by molar-refractivity contribution is 6.32. The van der Waals surface area contributed by atoms with Gasteiger partial charge in [0.05, 0.1) is 0 Å². The fraction of sp³-hybridized carbons (Fsp3) is 0. The third-order valence-corrected chi connectivity index (χ3v) is 3.34. The van der Waals surface area contributed by atoms with Gasteiger partial charge in [-0.2, -0.15) is 0 Å². The summed E-state index contributed by atoms with van der Waals surface area (Å²) in [6.45, 7) is 0. The normalized spacial score (nSPS) is 16.0. The van der Waals surface area contributed by atoms with Crippen LogP contribution in [0.1, 0.15) is 11.1 Å². The molecule has 0 saturated heterocycles. The third-order valence-electron chi connectivity index (χ3n) is 2.99. The molecule has 0 spiro atoms. The minimum absolute atomic E-state index is 0.238. The van der Waals surface area contributed by atoms with Crippen LogP contribution >= 0.6 is 11.6 Å². The molecule has 21 heavy (non-hydrogen) atoms. The molecule has 1 heterocycles. The van der Waals surface area contributed by atoms with Crippen molar-refractivity contribution in [1.29, 1.82) is 0 Å². The molecule has 104 valence electrons. The second-order valence-corrected chi connectivity index (χ2v) is 4.88. The van der Waals surface area contributed by atoms with Crippen LogP contribution < -0.4 is 5.32 Å². The van der Waals surface area contributed by atoms with Crippen molar-refractivity contribution < 1.29 is 9.18 Å². The number of halogens is 2. The average molecular weight is 301 g/mol.